The standard InChI is InChI=1S/C27H32N2OS/c1-4-31-25-16-10-21(11-17-25)18-26(30)29-24-14-12-23(13-15-24)27(2,3)20-28-19-22-8-6-5-7-9-22/h5-17,28H,4,18-20H2,1-3H3,(H,29,30). The molecule has 1 amide bonds. The molecule has 3 aromatic carbocycles. The average Bonchev–Trinajstić information content (AvgIpc) is 2.76. The Kier molecular flexibility index (Phi) is 8.33. The molecule has 0 heterocycles. The van der Waals surface area contributed by atoms with Crippen LogP contribution in [0.3, 0.4) is 0 Å². The Labute approximate surface area is 190 Å². The minimum Gasteiger partial charge on any atom is -0.326 e. The first-order chi connectivity index (χ1) is 15.0. The molecule has 3 rings (SSSR count). The van der Waals surface area contributed by atoms with E-state index in [1.54, 1.807) is 0 Å². The highest BCUT2D eigenvalue weighted by molar-refractivity contribution is 7.99. The first kappa shape index (κ1) is 23.1. The van der Waals surface area contributed by atoms with Gasteiger partial charge in [-0.05, 0) is 46.7 Å². The molecule has 2 N–H and O–H groups in total. The van der Waals surface area contributed by atoms with Gasteiger partial charge >= 0.3 is 0 Å². The molecule has 0 unspecified atom stereocenters. The molecule has 4 heteroatoms. The quantitative estimate of drug-likeness (QED) is 0.383. The summed E-state index contributed by atoms with van der Waals surface area (Å²) in [5.41, 5.74) is 4.39. The normalized spacial score (nSPS) is 11.3. The molecule has 0 saturated carbocycles. The molecule has 0 aliphatic heterocycles. The van der Waals surface area contributed by atoms with Gasteiger partial charge in [-0.3, -0.25) is 4.79 Å². The lowest BCUT2D eigenvalue weighted by Crippen LogP contribution is -2.32. The van der Waals surface area contributed by atoms with Crippen molar-refractivity contribution in [3.63, 3.8) is 0 Å². The van der Waals surface area contributed by atoms with Gasteiger partial charge in [0.05, 0.1) is 6.42 Å². The van der Waals surface area contributed by atoms with E-state index in [2.05, 4.69) is 79.9 Å². The number of hydrogen-bond acceptors (Lipinski definition) is 3. The molecule has 3 nitrogen and oxygen atoms in total. The first-order valence-corrected chi connectivity index (χ1v) is 11.8. The van der Waals surface area contributed by atoms with E-state index in [0.717, 1.165) is 30.1 Å². The Hall–Kier alpha value is -2.56. The van der Waals surface area contributed by atoms with E-state index in [1.807, 2.05) is 42.1 Å². The summed E-state index contributed by atoms with van der Waals surface area (Å²) >= 11 is 1.81. The highest BCUT2D eigenvalue weighted by Crippen LogP contribution is 2.24. The number of carbonyl (C=O) groups excluding carboxylic acids is 1. The van der Waals surface area contributed by atoms with Crippen molar-refractivity contribution >= 4 is 23.4 Å². The molecule has 0 aliphatic rings. The Morgan fingerprint density at radius 3 is 2.19 bits per heavy atom. The van der Waals surface area contributed by atoms with Crippen LogP contribution >= 0.6 is 11.8 Å². The number of anilines is 1. The van der Waals surface area contributed by atoms with Crippen molar-refractivity contribution in [1.29, 1.82) is 0 Å². The van der Waals surface area contributed by atoms with Crippen LogP contribution in [0.15, 0.2) is 83.8 Å². The predicted molar refractivity (Wildman–Crippen MR) is 133 cm³/mol. The van der Waals surface area contributed by atoms with Gasteiger partial charge in [0.2, 0.25) is 5.91 Å². The fourth-order valence-corrected chi connectivity index (χ4v) is 4.14. The summed E-state index contributed by atoms with van der Waals surface area (Å²) in [6.45, 7) is 8.34. The third kappa shape index (κ3) is 7.27. The molecule has 0 atom stereocenters. The Morgan fingerprint density at radius 2 is 1.55 bits per heavy atom. The molecule has 0 radical (unpaired) electrons. The van der Waals surface area contributed by atoms with Crippen molar-refractivity contribution in [2.75, 3.05) is 17.6 Å². The van der Waals surface area contributed by atoms with E-state index in [0.29, 0.717) is 6.42 Å². The number of amides is 1. The van der Waals surface area contributed by atoms with Crippen LogP contribution in [0, 0.1) is 0 Å². The number of hydrogen-bond donors (Lipinski definition) is 2. The van der Waals surface area contributed by atoms with E-state index < -0.39 is 0 Å². The predicted octanol–water partition coefficient (Wildman–Crippen LogP) is 6.05. The number of rotatable bonds is 10. The fraction of sp³-hybridized carbons (Fsp3) is 0.296. The van der Waals surface area contributed by atoms with Gasteiger partial charge in [-0.15, -0.1) is 11.8 Å². The van der Waals surface area contributed by atoms with Gasteiger partial charge in [0, 0.05) is 29.1 Å². The third-order valence-corrected chi connectivity index (χ3v) is 6.18. The smallest absolute Gasteiger partial charge is 0.228 e. The maximum absolute atomic E-state index is 12.4. The maximum Gasteiger partial charge on any atom is 0.228 e. The summed E-state index contributed by atoms with van der Waals surface area (Å²) in [4.78, 5) is 13.7. The Bertz CT molecular complexity index is 951. The van der Waals surface area contributed by atoms with Crippen LogP contribution in [-0.2, 0) is 23.2 Å². The first-order valence-electron chi connectivity index (χ1n) is 10.8. The van der Waals surface area contributed by atoms with Gasteiger partial charge in [-0.2, -0.15) is 0 Å². The molecule has 0 aromatic heterocycles. The van der Waals surface area contributed by atoms with Crippen molar-refractivity contribution in [3.05, 3.63) is 95.6 Å². The second-order valence-corrected chi connectivity index (χ2v) is 9.69. The van der Waals surface area contributed by atoms with Gasteiger partial charge in [-0.1, -0.05) is 75.4 Å². The summed E-state index contributed by atoms with van der Waals surface area (Å²) in [5, 5.41) is 6.57. The molecule has 0 bridgehead atoms. The minimum absolute atomic E-state index is 0.00440. The lowest BCUT2D eigenvalue weighted by atomic mass is 9.84. The van der Waals surface area contributed by atoms with Crippen LogP contribution in [0.5, 0.6) is 0 Å². The fourth-order valence-electron chi connectivity index (χ4n) is 3.48. The summed E-state index contributed by atoms with van der Waals surface area (Å²) in [5.74, 6) is 1.06. The van der Waals surface area contributed by atoms with E-state index >= 15 is 0 Å². The maximum atomic E-state index is 12.4. The number of carbonyl (C=O) groups is 1. The van der Waals surface area contributed by atoms with Crippen LogP contribution in [0.25, 0.3) is 0 Å². The van der Waals surface area contributed by atoms with Gasteiger partial charge < -0.3 is 10.6 Å². The third-order valence-electron chi connectivity index (χ3n) is 5.29. The van der Waals surface area contributed by atoms with Crippen molar-refractivity contribution in [1.82, 2.24) is 5.32 Å². The lowest BCUT2D eigenvalue weighted by Gasteiger charge is -2.26. The van der Waals surface area contributed by atoms with Gasteiger partial charge in [0.25, 0.3) is 0 Å². The summed E-state index contributed by atoms with van der Waals surface area (Å²) in [6.07, 6.45) is 0.383. The van der Waals surface area contributed by atoms with Crippen LogP contribution in [0.1, 0.15) is 37.5 Å². The van der Waals surface area contributed by atoms with Crippen molar-refractivity contribution < 1.29 is 4.79 Å². The molecular formula is C27H32N2OS. The zero-order valence-corrected chi connectivity index (χ0v) is 19.5. The molecule has 162 valence electrons. The van der Waals surface area contributed by atoms with E-state index in [-0.39, 0.29) is 11.3 Å². The molecule has 0 aliphatic carbocycles. The topological polar surface area (TPSA) is 41.1 Å². The lowest BCUT2D eigenvalue weighted by molar-refractivity contribution is -0.115. The van der Waals surface area contributed by atoms with E-state index in [1.165, 1.54) is 16.0 Å². The van der Waals surface area contributed by atoms with Gasteiger partial charge in [0.1, 0.15) is 0 Å². The molecule has 0 saturated heterocycles. The highest BCUT2D eigenvalue weighted by Gasteiger charge is 2.20. The van der Waals surface area contributed by atoms with Crippen LogP contribution in [0.2, 0.25) is 0 Å². The van der Waals surface area contributed by atoms with E-state index in [9.17, 15) is 4.79 Å². The summed E-state index contributed by atoms with van der Waals surface area (Å²) in [6, 6.07) is 26.9. The zero-order chi connectivity index (χ0) is 22.1. The Balaban J connectivity index is 1.50. The Morgan fingerprint density at radius 1 is 0.871 bits per heavy atom. The van der Waals surface area contributed by atoms with Crippen molar-refractivity contribution in [2.24, 2.45) is 0 Å². The van der Waals surface area contributed by atoms with E-state index in [4.69, 9.17) is 0 Å². The monoisotopic (exact) mass is 432 g/mol. The molecule has 3 aromatic rings. The SMILES string of the molecule is CCSc1ccc(CC(=O)Nc2ccc(C(C)(C)CNCc3ccccc3)cc2)cc1. The van der Waals surface area contributed by atoms with Crippen molar-refractivity contribution in [3.8, 4) is 0 Å². The minimum atomic E-state index is -0.00440. The molecule has 31 heavy (non-hydrogen) atoms. The van der Waals surface area contributed by atoms with Gasteiger partial charge in [-0.25, -0.2) is 0 Å². The van der Waals surface area contributed by atoms with Crippen molar-refractivity contribution in [2.45, 2.75) is 44.0 Å². The average molecular weight is 433 g/mol. The highest BCUT2D eigenvalue weighted by atomic mass is 32.2. The second-order valence-electron chi connectivity index (χ2n) is 8.35. The van der Waals surface area contributed by atoms with Crippen LogP contribution in [0.4, 0.5) is 5.69 Å². The number of thioether (sulfide) groups is 1. The summed E-state index contributed by atoms with van der Waals surface area (Å²) < 4.78 is 0. The second kappa shape index (κ2) is 11.2. The number of nitrogens with one attached hydrogen (secondary N) is 2. The number of benzene rings is 3. The molecule has 0 spiro atoms. The zero-order valence-electron chi connectivity index (χ0n) is 18.7. The summed E-state index contributed by atoms with van der Waals surface area (Å²) in [7, 11) is 0. The molecular weight excluding hydrogens is 400 g/mol. The van der Waals surface area contributed by atoms with Crippen LogP contribution < -0.4 is 10.6 Å². The molecule has 0 fully saturated rings. The van der Waals surface area contributed by atoms with Crippen LogP contribution in [-0.4, -0.2) is 18.2 Å². The van der Waals surface area contributed by atoms with Gasteiger partial charge in [0.15, 0.2) is 0 Å². The largest absolute Gasteiger partial charge is 0.326 e.